The minimum absolute atomic E-state index is 0.0138. The van der Waals surface area contributed by atoms with E-state index >= 15 is 0 Å². The van der Waals surface area contributed by atoms with Crippen LogP contribution in [-0.2, 0) is 9.53 Å². The van der Waals surface area contributed by atoms with Gasteiger partial charge in [0.2, 0.25) is 6.41 Å². The summed E-state index contributed by atoms with van der Waals surface area (Å²) in [6.07, 6.45) is 3.09. The summed E-state index contributed by atoms with van der Waals surface area (Å²) in [5.41, 5.74) is 1.36. The van der Waals surface area contributed by atoms with E-state index < -0.39 is 5.60 Å². The van der Waals surface area contributed by atoms with Gasteiger partial charge < -0.3 is 19.7 Å². The Labute approximate surface area is 168 Å². The van der Waals surface area contributed by atoms with Crippen LogP contribution in [0, 0.1) is 0 Å². The van der Waals surface area contributed by atoms with Crippen molar-refractivity contribution < 1.29 is 19.1 Å². The summed E-state index contributed by atoms with van der Waals surface area (Å²) in [5.74, 6) is 1.02. The van der Waals surface area contributed by atoms with Gasteiger partial charge in [-0.15, -0.1) is 0 Å². The van der Waals surface area contributed by atoms with Crippen molar-refractivity contribution in [3.05, 3.63) is 23.8 Å². The minimum atomic E-state index is -0.489. The maximum absolute atomic E-state index is 12.6. The van der Waals surface area contributed by atoms with Crippen LogP contribution >= 0.6 is 0 Å². The second kappa shape index (κ2) is 9.30. The maximum atomic E-state index is 12.6. The van der Waals surface area contributed by atoms with E-state index in [2.05, 4.69) is 12.2 Å². The molecule has 1 aromatic carbocycles. The maximum Gasteiger partial charge on any atom is 0.410 e. The second-order valence-corrected chi connectivity index (χ2v) is 8.64. The van der Waals surface area contributed by atoms with Gasteiger partial charge in [0.15, 0.2) is 0 Å². The minimum Gasteiger partial charge on any atom is -0.489 e. The highest BCUT2D eigenvalue weighted by Crippen LogP contribution is 2.37. The average molecular weight is 391 g/mol. The van der Waals surface area contributed by atoms with Gasteiger partial charge in [0, 0.05) is 12.6 Å². The fourth-order valence-corrected chi connectivity index (χ4v) is 3.63. The number of hydrogen-bond donors (Lipinski definition) is 1. The van der Waals surface area contributed by atoms with Gasteiger partial charge in [-0.1, -0.05) is 13.0 Å². The smallest absolute Gasteiger partial charge is 0.410 e. The highest BCUT2D eigenvalue weighted by molar-refractivity contribution is 5.75. The molecule has 2 rings (SSSR count). The molecule has 1 heterocycles. The lowest BCUT2D eigenvalue weighted by atomic mass is 9.84. The van der Waals surface area contributed by atoms with E-state index in [4.69, 9.17) is 9.47 Å². The van der Waals surface area contributed by atoms with Crippen molar-refractivity contribution in [3.8, 4) is 5.75 Å². The number of carbonyl (C=O) groups is 2. The van der Waals surface area contributed by atoms with E-state index in [-0.39, 0.29) is 18.2 Å². The number of amides is 2. The van der Waals surface area contributed by atoms with Crippen LogP contribution in [0.1, 0.15) is 72.3 Å². The first-order chi connectivity index (χ1) is 13.1. The summed E-state index contributed by atoms with van der Waals surface area (Å²) >= 11 is 0. The Kier molecular flexibility index (Phi) is 7.33. The number of anilines is 1. The third-order valence-electron chi connectivity index (χ3n) is 4.87. The lowest BCUT2D eigenvalue weighted by Gasteiger charge is -2.40. The predicted molar refractivity (Wildman–Crippen MR) is 111 cm³/mol. The first kappa shape index (κ1) is 22.1. The molecule has 28 heavy (non-hydrogen) atoms. The molecule has 2 atom stereocenters. The lowest BCUT2D eigenvalue weighted by molar-refractivity contribution is -0.105. The van der Waals surface area contributed by atoms with Crippen LogP contribution in [0.3, 0.4) is 0 Å². The first-order valence-electron chi connectivity index (χ1n) is 10.1. The Balaban J connectivity index is 2.17. The van der Waals surface area contributed by atoms with E-state index in [0.29, 0.717) is 30.3 Å². The van der Waals surface area contributed by atoms with Gasteiger partial charge in [0.05, 0.1) is 11.8 Å². The lowest BCUT2D eigenvalue weighted by Crippen LogP contribution is -2.47. The van der Waals surface area contributed by atoms with Crippen LogP contribution in [0.5, 0.6) is 5.75 Å². The molecule has 156 valence electrons. The summed E-state index contributed by atoms with van der Waals surface area (Å²) < 4.78 is 11.5. The largest absolute Gasteiger partial charge is 0.489 e. The Morgan fingerprint density at radius 2 is 2.07 bits per heavy atom. The van der Waals surface area contributed by atoms with Crippen molar-refractivity contribution in [2.24, 2.45) is 0 Å². The first-order valence-corrected chi connectivity index (χ1v) is 10.1. The number of likely N-dealkylation sites (tertiary alicyclic amines) is 1. The summed E-state index contributed by atoms with van der Waals surface area (Å²) in [6, 6.07) is 6.10. The Bertz CT molecular complexity index is 682. The Morgan fingerprint density at radius 1 is 1.36 bits per heavy atom. The normalized spacial score (nSPS) is 20.0. The van der Waals surface area contributed by atoms with E-state index in [0.717, 1.165) is 19.3 Å². The number of nitrogens with zero attached hydrogens (tertiary/aromatic N) is 1. The molecule has 0 unspecified atom stereocenters. The summed E-state index contributed by atoms with van der Waals surface area (Å²) in [6.45, 7) is 12.4. The molecule has 0 spiro atoms. The second-order valence-electron chi connectivity index (χ2n) is 8.64. The third kappa shape index (κ3) is 5.88. The molecule has 0 bridgehead atoms. The van der Waals surface area contributed by atoms with Crippen molar-refractivity contribution in [1.82, 2.24) is 4.90 Å². The Hall–Kier alpha value is -2.24. The van der Waals surface area contributed by atoms with E-state index in [1.807, 2.05) is 57.7 Å². The van der Waals surface area contributed by atoms with Crippen LogP contribution in [0.4, 0.5) is 10.5 Å². The molecule has 0 saturated carbocycles. The van der Waals surface area contributed by atoms with E-state index in [9.17, 15) is 9.59 Å². The molecule has 1 fully saturated rings. The molecular formula is C22H34N2O4. The van der Waals surface area contributed by atoms with Crippen molar-refractivity contribution in [1.29, 1.82) is 0 Å². The van der Waals surface area contributed by atoms with Gasteiger partial charge in [-0.3, -0.25) is 4.79 Å². The number of ether oxygens (including phenoxy) is 2. The van der Waals surface area contributed by atoms with Crippen molar-refractivity contribution in [2.45, 2.75) is 84.5 Å². The zero-order valence-corrected chi connectivity index (χ0v) is 18.0. The molecule has 1 saturated heterocycles. The van der Waals surface area contributed by atoms with Crippen LogP contribution in [0.15, 0.2) is 18.2 Å². The van der Waals surface area contributed by atoms with Gasteiger partial charge >= 0.3 is 6.09 Å². The number of piperidine rings is 1. The summed E-state index contributed by atoms with van der Waals surface area (Å²) in [7, 11) is 0. The molecule has 0 aliphatic carbocycles. The van der Waals surface area contributed by atoms with Crippen LogP contribution in [0.25, 0.3) is 0 Å². The van der Waals surface area contributed by atoms with E-state index in [1.165, 1.54) is 5.56 Å². The zero-order chi connectivity index (χ0) is 20.9. The van der Waals surface area contributed by atoms with Gasteiger partial charge in [0.1, 0.15) is 11.4 Å². The highest BCUT2D eigenvalue weighted by atomic mass is 16.6. The van der Waals surface area contributed by atoms with Crippen molar-refractivity contribution >= 4 is 18.2 Å². The van der Waals surface area contributed by atoms with Crippen molar-refractivity contribution in [2.75, 3.05) is 11.9 Å². The molecule has 6 heteroatoms. The summed E-state index contributed by atoms with van der Waals surface area (Å²) in [4.78, 5) is 25.3. The Morgan fingerprint density at radius 3 is 2.64 bits per heavy atom. The fourth-order valence-electron chi connectivity index (χ4n) is 3.63. The van der Waals surface area contributed by atoms with Gasteiger partial charge in [-0.2, -0.15) is 0 Å². The number of nitrogens with one attached hydrogen (secondary N) is 1. The number of hydrogen-bond acceptors (Lipinski definition) is 4. The quantitative estimate of drug-likeness (QED) is 0.699. The van der Waals surface area contributed by atoms with E-state index in [1.54, 1.807) is 0 Å². The van der Waals surface area contributed by atoms with Gasteiger partial charge in [-0.05, 0) is 77.5 Å². The van der Waals surface area contributed by atoms with Gasteiger partial charge in [0.25, 0.3) is 0 Å². The third-order valence-corrected chi connectivity index (χ3v) is 4.87. The monoisotopic (exact) mass is 390 g/mol. The number of carbonyl (C=O) groups excluding carboxylic acids is 2. The van der Waals surface area contributed by atoms with Crippen LogP contribution < -0.4 is 10.1 Å². The molecule has 1 N–H and O–H groups in total. The standard InChI is InChI=1S/C22H34N2O4/c1-7-18-12-17(10-11-24(18)21(26)28-22(4,5)6)16-8-9-19(23-14-25)20(13-16)27-15(2)3/h8-9,13-15,17-18H,7,10-12H2,1-6H3,(H,23,25)/t17-,18-/m0/s1. The van der Waals surface area contributed by atoms with Crippen molar-refractivity contribution in [3.63, 3.8) is 0 Å². The molecule has 2 amide bonds. The van der Waals surface area contributed by atoms with Gasteiger partial charge in [-0.25, -0.2) is 4.79 Å². The topological polar surface area (TPSA) is 67.9 Å². The van der Waals surface area contributed by atoms with Crippen LogP contribution in [0.2, 0.25) is 0 Å². The number of rotatable bonds is 6. The molecule has 1 aliphatic heterocycles. The molecule has 0 aromatic heterocycles. The highest BCUT2D eigenvalue weighted by Gasteiger charge is 2.34. The molecule has 6 nitrogen and oxygen atoms in total. The SMILES string of the molecule is CC[C@H]1C[C@@H](c2ccc(NC=O)c(OC(C)C)c2)CCN1C(=O)OC(C)(C)C. The predicted octanol–water partition coefficient (Wildman–Crippen LogP) is 4.94. The zero-order valence-electron chi connectivity index (χ0n) is 18.0. The number of benzene rings is 1. The molecule has 1 aliphatic rings. The molecular weight excluding hydrogens is 356 g/mol. The average Bonchev–Trinajstić information content (AvgIpc) is 2.61. The molecule has 1 aromatic rings. The van der Waals surface area contributed by atoms with Crippen LogP contribution in [-0.4, -0.2) is 41.7 Å². The molecule has 0 radical (unpaired) electrons. The summed E-state index contributed by atoms with van der Waals surface area (Å²) in [5, 5.41) is 2.70. The fraction of sp³-hybridized carbons (Fsp3) is 0.636.